The molecule has 0 bridgehead atoms. The summed E-state index contributed by atoms with van der Waals surface area (Å²) in [4.78, 5) is 15.7. The summed E-state index contributed by atoms with van der Waals surface area (Å²) >= 11 is 1.53. The fourth-order valence-electron chi connectivity index (χ4n) is 5.12. The zero-order valence-electron chi connectivity index (χ0n) is 18.3. The van der Waals surface area contributed by atoms with Crippen LogP contribution in [-0.2, 0) is 11.8 Å². The van der Waals surface area contributed by atoms with Gasteiger partial charge in [0.15, 0.2) is 11.0 Å². The van der Waals surface area contributed by atoms with Gasteiger partial charge in [-0.05, 0) is 38.2 Å². The molecule has 0 radical (unpaired) electrons. The standard InChI is InChI=1S/C24H34N4OS/c1-18-11-9-10-16-21(18)23-25-26-24(27(23)2)30-17-22(29)28(19-12-5-3-6-13-19)20-14-7-4-8-15-20/h9-11,16,19-20H,3-8,12-15,17H2,1-2H3. The van der Waals surface area contributed by atoms with E-state index in [1.807, 2.05) is 23.7 Å². The molecule has 0 saturated heterocycles. The van der Waals surface area contributed by atoms with Crippen LogP contribution in [0.2, 0.25) is 0 Å². The van der Waals surface area contributed by atoms with Gasteiger partial charge in [-0.25, -0.2) is 0 Å². The Kier molecular flexibility index (Phi) is 7.13. The molecule has 162 valence electrons. The van der Waals surface area contributed by atoms with Crippen LogP contribution in [-0.4, -0.2) is 43.4 Å². The molecule has 1 aromatic carbocycles. The molecule has 1 heterocycles. The maximum absolute atomic E-state index is 13.4. The molecule has 2 fully saturated rings. The number of benzene rings is 1. The molecule has 2 saturated carbocycles. The average molecular weight is 427 g/mol. The van der Waals surface area contributed by atoms with E-state index in [0.29, 0.717) is 23.7 Å². The predicted molar refractivity (Wildman–Crippen MR) is 122 cm³/mol. The van der Waals surface area contributed by atoms with Crippen molar-refractivity contribution >= 4 is 17.7 Å². The number of hydrogen-bond donors (Lipinski definition) is 0. The third-order valence-corrected chi connectivity index (χ3v) is 7.77. The van der Waals surface area contributed by atoms with Gasteiger partial charge in [0.1, 0.15) is 0 Å². The third kappa shape index (κ3) is 4.74. The molecule has 0 spiro atoms. The Morgan fingerprint density at radius 2 is 1.60 bits per heavy atom. The Morgan fingerprint density at radius 1 is 1.00 bits per heavy atom. The Labute approximate surface area is 184 Å². The van der Waals surface area contributed by atoms with E-state index in [9.17, 15) is 4.79 Å². The van der Waals surface area contributed by atoms with Crippen molar-refractivity contribution in [2.45, 2.75) is 88.4 Å². The van der Waals surface area contributed by atoms with Gasteiger partial charge in [0.25, 0.3) is 0 Å². The van der Waals surface area contributed by atoms with Crippen molar-refractivity contribution < 1.29 is 4.79 Å². The van der Waals surface area contributed by atoms with Crippen molar-refractivity contribution in [1.82, 2.24) is 19.7 Å². The summed E-state index contributed by atoms with van der Waals surface area (Å²) in [6, 6.07) is 9.11. The molecule has 0 unspecified atom stereocenters. The smallest absolute Gasteiger partial charge is 0.233 e. The molecular weight excluding hydrogens is 392 g/mol. The second kappa shape index (κ2) is 9.99. The normalized spacial score (nSPS) is 18.5. The first-order valence-corrected chi connectivity index (χ1v) is 12.5. The molecule has 1 amide bonds. The molecule has 6 heteroatoms. The highest BCUT2D eigenvalue weighted by atomic mass is 32.2. The first kappa shape index (κ1) is 21.4. The van der Waals surface area contributed by atoms with Gasteiger partial charge in [-0.3, -0.25) is 4.79 Å². The highest BCUT2D eigenvalue weighted by Gasteiger charge is 2.32. The molecule has 5 nitrogen and oxygen atoms in total. The number of aryl methyl sites for hydroxylation is 1. The van der Waals surface area contributed by atoms with Crippen LogP contribution in [0.4, 0.5) is 0 Å². The maximum Gasteiger partial charge on any atom is 0.233 e. The van der Waals surface area contributed by atoms with E-state index >= 15 is 0 Å². The van der Waals surface area contributed by atoms with Crippen LogP contribution in [0.5, 0.6) is 0 Å². The topological polar surface area (TPSA) is 51.0 Å². The molecule has 0 aliphatic heterocycles. The van der Waals surface area contributed by atoms with Crippen molar-refractivity contribution in [3.05, 3.63) is 29.8 Å². The Bertz CT molecular complexity index is 835. The number of hydrogen-bond acceptors (Lipinski definition) is 4. The number of nitrogens with zero attached hydrogens (tertiary/aromatic N) is 4. The van der Waals surface area contributed by atoms with Gasteiger partial charge in [-0.1, -0.05) is 74.6 Å². The van der Waals surface area contributed by atoms with Gasteiger partial charge < -0.3 is 9.47 Å². The molecule has 2 aromatic rings. The van der Waals surface area contributed by atoms with Gasteiger partial charge in [0, 0.05) is 24.7 Å². The Morgan fingerprint density at radius 3 is 2.20 bits per heavy atom. The molecule has 4 rings (SSSR count). The molecule has 30 heavy (non-hydrogen) atoms. The van der Waals surface area contributed by atoms with Gasteiger partial charge in [0.2, 0.25) is 5.91 Å². The predicted octanol–water partition coefficient (Wildman–Crippen LogP) is 5.38. The lowest BCUT2D eigenvalue weighted by Gasteiger charge is -2.41. The lowest BCUT2D eigenvalue weighted by atomic mass is 9.88. The van der Waals surface area contributed by atoms with Crippen LogP contribution in [0, 0.1) is 6.92 Å². The van der Waals surface area contributed by atoms with Crippen LogP contribution in [0.25, 0.3) is 11.4 Å². The summed E-state index contributed by atoms with van der Waals surface area (Å²) in [7, 11) is 1.99. The average Bonchev–Trinajstić information content (AvgIpc) is 3.14. The molecule has 0 atom stereocenters. The number of rotatable bonds is 6. The maximum atomic E-state index is 13.4. The number of aromatic nitrogens is 3. The number of carbonyl (C=O) groups is 1. The fraction of sp³-hybridized carbons (Fsp3) is 0.625. The van der Waals surface area contributed by atoms with Crippen molar-refractivity contribution in [2.24, 2.45) is 7.05 Å². The van der Waals surface area contributed by atoms with E-state index < -0.39 is 0 Å². The van der Waals surface area contributed by atoms with Gasteiger partial charge in [-0.15, -0.1) is 10.2 Å². The highest BCUT2D eigenvalue weighted by molar-refractivity contribution is 7.99. The highest BCUT2D eigenvalue weighted by Crippen LogP contribution is 2.32. The van der Waals surface area contributed by atoms with Gasteiger partial charge >= 0.3 is 0 Å². The van der Waals surface area contributed by atoms with E-state index in [0.717, 1.165) is 16.5 Å². The number of carbonyl (C=O) groups excluding carboxylic acids is 1. The van der Waals surface area contributed by atoms with Gasteiger partial charge in [0.05, 0.1) is 5.75 Å². The van der Waals surface area contributed by atoms with E-state index in [1.165, 1.54) is 81.5 Å². The summed E-state index contributed by atoms with van der Waals surface area (Å²) in [5.74, 6) is 1.60. The molecular formula is C24H34N4OS. The molecule has 1 aromatic heterocycles. The SMILES string of the molecule is Cc1ccccc1-c1nnc(SCC(=O)N(C2CCCCC2)C2CCCCC2)n1C. The third-order valence-electron chi connectivity index (χ3n) is 6.77. The Hall–Kier alpha value is -1.82. The molecule has 2 aliphatic carbocycles. The Balaban J connectivity index is 1.46. The van der Waals surface area contributed by atoms with Crippen LogP contribution < -0.4 is 0 Å². The fourth-order valence-corrected chi connectivity index (χ4v) is 5.90. The second-order valence-corrected chi connectivity index (χ2v) is 9.80. The van der Waals surface area contributed by atoms with Crippen LogP contribution >= 0.6 is 11.8 Å². The zero-order chi connectivity index (χ0) is 20.9. The summed E-state index contributed by atoms with van der Waals surface area (Å²) < 4.78 is 2.02. The number of thioether (sulfide) groups is 1. The largest absolute Gasteiger partial charge is 0.336 e. The van der Waals surface area contributed by atoms with E-state index in [4.69, 9.17) is 0 Å². The van der Waals surface area contributed by atoms with Crippen molar-refractivity contribution in [2.75, 3.05) is 5.75 Å². The van der Waals surface area contributed by atoms with E-state index in [2.05, 4.69) is 34.2 Å². The first-order chi connectivity index (χ1) is 14.6. The van der Waals surface area contributed by atoms with Gasteiger partial charge in [-0.2, -0.15) is 0 Å². The van der Waals surface area contributed by atoms with Crippen LogP contribution in [0.3, 0.4) is 0 Å². The quantitative estimate of drug-likeness (QED) is 0.582. The summed E-state index contributed by atoms with van der Waals surface area (Å²) in [5.41, 5.74) is 2.28. The summed E-state index contributed by atoms with van der Waals surface area (Å²) in [6.45, 7) is 2.09. The van der Waals surface area contributed by atoms with E-state index in [-0.39, 0.29) is 0 Å². The molecule has 0 N–H and O–H groups in total. The minimum atomic E-state index is 0.291. The second-order valence-electron chi connectivity index (χ2n) is 8.85. The van der Waals surface area contributed by atoms with Crippen LogP contribution in [0.15, 0.2) is 29.4 Å². The first-order valence-electron chi connectivity index (χ1n) is 11.5. The lowest BCUT2D eigenvalue weighted by Crippen LogP contribution is -2.49. The minimum absolute atomic E-state index is 0.291. The minimum Gasteiger partial charge on any atom is -0.336 e. The monoisotopic (exact) mass is 426 g/mol. The van der Waals surface area contributed by atoms with E-state index in [1.54, 1.807) is 0 Å². The molecule has 2 aliphatic rings. The van der Waals surface area contributed by atoms with Crippen LogP contribution in [0.1, 0.15) is 69.8 Å². The summed E-state index contributed by atoms with van der Waals surface area (Å²) in [5, 5.41) is 9.63. The zero-order valence-corrected chi connectivity index (χ0v) is 19.2. The number of amides is 1. The van der Waals surface area contributed by atoms with Crippen molar-refractivity contribution in [1.29, 1.82) is 0 Å². The summed E-state index contributed by atoms with van der Waals surface area (Å²) in [6.07, 6.45) is 12.4. The van der Waals surface area contributed by atoms with Crippen molar-refractivity contribution in [3.63, 3.8) is 0 Å². The van der Waals surface area contributed by atoms with Crippen molar-refractivity contribution in [3.8, 4) is 11.4 Å². The lowest BCUT2D eigenvalue weighted by molar-refractivity contribution is -0.135.